The molecule has 1 heterocycles. The number of Topliss-reactive ketones (excluding diaryl/α,β-unsaturated/α-hetero) is 1. The van der Waals surface area contributed by atoms with E-state index in [0.29, 0.717) is 22.2 Å². The van der Waals surface area contributed by atoms with Crippen molar-refractivity contribution < 1.29 is 13.9 Å². The van der Waals surface area contributed by atoms with E-state index in [1.165, 1.54) is 12.1 Å². The monoisotopic (exact) mass is 258 g/mol. The van der Waals surface area contributed by atoms with Gasteiger partial charge in [-0.3, -0.25) is 4.79 Å². The third-order valence-corrected chi connectivity index (χ3v) is 2.83. The van der Waals surface area contributed by atoms with Gasteiger partial charge in [-0.2, -0.15) is 0 Å². The summed E-state index contributed by atoms with van der Waals surface area (Å²) >= 11 is 3.04. The van der Waals surface area contributed by atoms with Gasteiger partial charge in [0.05, 0.1) is 10.0 Å². The molecule has 1 aliphatic heterocycles. The number of rotatable bonds is 1. The normalized spacial score (nSPS) is 19.4. The zero-order valence-corrected chi connectivity index (χ0v) is 9.10. The smallest absolute Gasteiger partial charge is 0.207 e. The van der Waals surface area contributed by atoms with Crippen molar-refractivity contribution in [2.45, 2.75) is 19.4 Å². The highest BCUT2D eigenvalue weighted by Crippen LogP contribution is 2.34. The fourth-order valence-corrected chi connectivity index (χ4v) is 1.79. The van der Waals surface area contributed by atoms with Gasteiger partial charge >= 0.3 is 0 Å². The quantitative estimate of drug-likeness (QED) is 0.775. The van der Waals surface area contributed by atoms with Gasteiger partial charge in [-0.15, -0.1) is 0 Å². The summed E-state index contributed by atoms with van der Waals surface area (Å²) in [7, 11) is 0. The zero-order valence-electron chi connectivity index (χ0n) is 7.51. The lowest BCUT2D eigenvalue weighted by molar-refractivity contribution is 0.0853. The Kier molecular flexibility index (Phi) is 2.31. The van der Waals surface area contributed by atoms with E-state index in [1.807, 2.05) is 6.92 Å². The molecule has 0 fully saturated rings. The summed E-state index contributed by atoms with van der Waals surface area (Å²) in [5.74, 6) is -0.0959. The van der Waals surface area contributed by atoms with Crippen LogP contribution < -0.4 is 4.74 Å². The largest absolute Gasteiger partial charge is 0.481 e. The SMILES string of the molecule is CCC1Oc2cc(Br)c(F)cc2C1=O. The lowest BCUT2D eigenvalue weighted by Gasteiger charge is -2.04. The van der Waals surface area contributed by atoms with Crippen LogP contribution in [0.5, 0.6) is 5.75 Å². The first-order chi connectivity index (χ1) is 6.63. The number of carbonyl (C=O) groups excluding carboxylic acids is 1. The van der Waals surface area contributed by atoms with Gasteiger partial charge in [-0.25, -0.2) is 4.39 Å². The van der Waals surface area contributed by atoms with Crippen LogP contribution in [0.2, 0.25) is 0 Å². The molecule has 0 aromatic heterocycles. The Balaban J connectivity index is 2.49. The second-order valence-electron chi connectivity index (χ2n) is 3.14. The molecule has 2 nitrogen and oxygen atoms in total. The number of hydrogen-bond acceptors (Lipinski definition) is 2. The first kappa shape index (κ1) is 9.65. The molecular weight excluding hydrogens is 251 g/mol. The summed E-state index contributed by atoms with van der Waals surface area (Å²) in [5, 5.41) is 0. The number of hydrogen-bond donors (Lipinski definition) is 0. The predicted octanol–water partition coefficient (Wildman–Crippen LogP) is 2.94. The maximum absolute atomic E-state index is 13.1. The van der Waals surface area contributed by atoms with Crippen LogP contribution in [0, 0.1) is 5.82 Å². The molecule has 14 heavy (non-hydrogen) atoms. The highest BCUT2D eigenvalue weighted by Gasteiger charge is 2.31. The topological polar surface area (TPSA) is 26.3 Å². The average Bonchev–Trinajstić information content (AvgIpc) is 2.45. The van der Waals surface area contributed by atoms with Crippen LogP contribution in [-0.2, 0) is 0 Å². The van der Waals surface area contributed by atoms with Crippen LogP contribution in [-0.4, -0.2) is 11.9 Å². The maximum Gasteiger partial charge on any atom is 0.207 e. The molecular formula is C10H8BrFO2. The number of ether oxygens (including phenoxy) is 1. The second kappa shape index (κ2) is 3.35. The maximum atomic E-state index is 13.1. The average molecular weight is 259 g/mol. The van der Waals surface area contributed by atoms with E-state index < -0.39 is 11.9 Å². The van der Waals surface area contributed by atoms with Gasteiger partial charge in [-0.1, -0.05) is 6.92 Å². The van der Waals surface area contributed by atoms with E-state index in [0.717, 1.165) is 0 Å². The molecule has 1 atom stereocenters. The summed E-state index contributed by atoms with van der Waals surface area (Å²) in [6, 6.07) is 2.72. The summed E-state index contributed by atoms with van der Waals surface area (Å²) in [5.41, 5.74) is 0.345. The Hall–Kier alpha value is -0.900. The first-order valence-electron chi connectivity index (χ1n) is 4.33. The van der Waals surface area contributed by atoms with Crippen molar-refractivity contribution in [2.75, 3.05) is 0 Å². The first-order valence-corrected chi connectivity index (χ1v) is 5.12. The minimum absolute atomic E-state index is 0.131. The summed E-state index contributed by atoms with van der Waals surface area (Å²) in [6.07, 6.45) is 0.158. The van der Waals surface area contributed by atoms with Crippen LogP contribution >= 0.6 is 15.9 Å². The molecule has 0 saturated carbocycles. The van der Waals surface area contributed by atoms with Crippen molar-refractivity contribution in [2.24, 2.45) is 0 Å². The Labute approximate surface area is 89.2 Å². The fourth-order valence-electron chi connectivity index (χ4n) is 1.47. The van der Waals surface area contributed by atoms with Gasteiger partial charge in [0.2, 0.25) is 5.78 Å². The van der Waals surface area contributed by atoms with E-state index in [1.54, 1.807) is 0 Å². The summed E-state index contributed by atoms with van der Waals surface area (Å²) < 4.78 is 18.8. The van der Waals surface area contributed by atoms with Crippen LogP contribution in [0.4, 0.5) is 4.39 Å². The van der Waals surface area contributed by atoms with Crippen molar-refractivity contribution in [3.8, 4) is 5.75 Å². The van der Waals surface area contributed by atoms with E-state index in [9.17, 15) is 9.18 Å². The molecule has 0 amide bonds. The molecule has 0 saturated heterocycles. The Morgan fingerprint density at radius 2 is 2.29 bits per heavy atom. The summed E-state index contributed by atoms with van der Waals surface area (Å²) in [4.78, 5) is 11.6. The third kappa shape index (κ3) is 1.34. The molecule has 1 aromatic rings. The minimum Gasteiger partial charge on any atom is -0.481 e. The lowest BCUT2D eigenvalue weighted by Crippen LogP contribution is -2.18. The molecule has 0 bridgehead atoms. The van der Waals surface area contributed by atoms with Gasteiger partial charge in [0.15, 0.2) is 6.10 Å². The van der Waals surface area contributed by atoms with Crippen LogP contribution in [0.1, 0.15) is 23.7 Å². The second-order valence-corrected chi connectivity index (χ2v) is 4.00. The molecule has 1 unspecified atom stereocenters. The summed E-state index contributed by atoms with van der Waals surface area (Å²) in [6.45, 7) is 1.86. The molecule has 74 valence electrons. The van der Waals surface area contributed by atoms with E-state index in [4.69, 9.17) is 4.74 Å². The van der Waals surface area contributed by atoms with Crippen LogP contribution in [0.25, 0.3) is 0 Å². The Bertz CT molecular complexity index is 403. The highest BCUT2D eigenvalue weighted by molar-refractivity contribution is 9.10. The molecule has 0 N–H and O–H groups in total. The molecule has 2 rings (SSSR count). The highest BCUT2D eigenvalue weighted by atomic mass is 79.9. The number of halogens is 2. The van der Waals surface area contributed by atoms with Crippen molar-refractivity contribution in [1.82, 2.24) is 0 Å². The van der Waals surface area contributed by atoms with Gasteiger partial charge < -0.3 is 4.74 Å². The molecule has 1 aliphatic rings. The van der Waals surface area contributed by atoms with Gasteiger partial charge in [0.1, 0.15) is 11.6 Å². The lowest BCUT2D eigenvalue weighted by atomic mass is 10.1. The predicted molar refractivity (Wildman–Crippen MR) is 53.1 cm³/mol. The number of benzene rings is 1. The van der Waals surface area contributed by atoms with Crippen molar-refractivity contribution in [3.63, 3.8) is 0 Å². The van der Waals surface area contributed by atoms with E-state index in [2.05, 4.69) is 15.9 Å². The molecule has 0 radical (unpaired) electrons. The van der Waals surface area contributed by atoms with Crippen LogP contribution in [0.3, 0.4) is 0 Å². The standard InChI is InChI=1S/C10H8BrFO2/c1-2-8-10(13)5-3-7(12)6(11)4-9(5)14-8/h3-4,8H,2H2,1H3. The zero-order chi connectivity index (χ0) is 10.3. The van der Waals surface area contributed by atoms with E-state index in [-0.39, 0.29) is 5.78 Å². The minimum atomic E-state index is -0.446. The number of carbonyl (C=O) groups is 1. The van der Waals surface area contributed by atoms with Crippen molar-refractivity contribution in [1.29, 1.82) is 0 Å². The molecule has 4 heteroatoms. The fraction of sp³-hybridized carbons (Fsp3) is 0.300. The van der Waals surface area contributed by atoms with Gasteiger partial charge in [0, 0.05) is 0 Å². The number of ketones is 1. The third-order valence-electron chi connectivity index (χ3n) is 2.22. The molecule has 0 spiro atoms. The van der Waals surface area contributed by atoms with Gasteiger partial charge in [0.25, 0.3) is 0 Å². The van der Waals surface area contributed by atoms with E-state index >= 15 is 0 Å². The number of fused-ring (bicyclic) bond motifs is 1. The van der Waals surface area contributed by atoms with Gasteiger partial charge in [-0.05, 0) is 34.5 Å². The Morgan fingerprint density at radius 3 is 2.93 bits per heavy atom. The van der Waals surface area contributed by atoms with Crippen LogP contribution in [0.15, 0.2) is 16.6 Å². The molecule has 0 aliphatic carbocycles. The molecule has 1 aromatic carbocycles. The van der Waals surface area contributed by atoms with Crippen molar-refractivity contribution in [3.05, 3.63) is 28.0 Å². The van der Waals surface area contributed by atoms with Crippen molar-refractivity contribution >= 4 is 21.7 Å². The Morgan fingerprint density at radius 1 is 1.57 bits per heavy atom.